The summed E-state index contributed by atoms with van der Waals surface area (Å²) in [6.45, 7) is 0.846. The molecule has 8 heteroatoms. The number of methoxy groups -OCH3 is 1. The van der Waals surface area contributed by atoms with Crippen LogP contribution in [0.15, 0.2) is 18.6 Å². The van der Waals surface area contributed by atoms with E-state index in [1.54, 1.807) is 7.11 Å². The van der Waals surface area contributed by atoms with Crippen LogP contribution in [0, 0.1) is 0 Å². The number of ether oxygens (including phenoxy) is 3. The Kier molecular flexibility index (Phi) is 3.08. The van der Waals surface area contributed by atoms with E-state index in [4.69, 9.17) is 19.9 Å². The highest BCUT2D eigenvalue weighted by Gasteiger charge is 2.58. The molecule has 2 saturated heterocycles. The van der Waals surface area contributed by atoms with Gasteiger partial charge in [0.05, 0.1) is 18.6 Å². The summed E-state index contributed by atoms with van der Waals surface area (Å²) in [5.41, 5.74) is 5.79. The van der Waals surface area contributed by atoms with Gasteiger partial charge in [-0.1, -0.05) is 0 Å². The second kappa shape index (κ2) is 4.88. The highest BCUT2D eigenvalue weighted by molar-refractivity contribution is 5.86. The smallest absolute Gasteiger partial charge is 0.165 e. The van der Waals surface area contributed by atoms with E-state index >= 15 is 0 Å². The monoisotopic (exact) mass is 306 g/mol. The highest BCUT2D eigenvalue weighted by atomic mass is 16.6. The van der Waals surface area contributed by atoms with Gasteiger partial charge in [0, 0.05) is 19.7 Å². The van der Waals surface area contributed by atoms with E-state index in [9.17, 15) is 5.11 Å². The molecule has 0 aromatic carbocycles. The molecule has 2 aromatic rings. The largest absolute Gasteiger partial charge is 0.387 e. The van der Waals surface area contributed by atoms with Gasteiger partial charge in [0.2, 0.25) is 0 Å². The zero-order chi connectivity index (χ0) is 15.3. The molecule has 0 saturated carbocycles. The van der Waals surface area contributed by atoms with Crippen LogP contribution in [0.2, 0.25) is 0 Å². The van der Waals surface area contributed by atoms with Crippen LogP contribution in [-0.2, 0) is 14.2 Å². The van der Waals surface area contributed by atoms with Crippen molar-refractivity contribution in [2.24, 2.45) is 0 Å². The maximum atomic E-state index is 10.6. The summed E-state index contributed by atoms with van der Waals surface area (Å²) in [6, 6.07) is 1.84. The molecule has 2 fully saturated rings. The van der Waals surface area contributed by atoms with Gasteiger partial charge in [-0.25, -0.2) is 9.97 Å². The summed E-state index contributed by atoms with van der Waals surface area (Å²) in [6.07, 6.45) is 2.15. The van der Waals surface area contributed by atoms with Gasteiger partial charge in [-0.05, 0) is 6.07 Å². The lowest BCUT2D eigenvalue weighted by Crippen LogP contribution is -2.51. The minimum absolute atomic E-state index is 0.320. The number of nitrogen functional groups attached to an aromatic ring is 1. The van der Waals surface area contributed by atoms with Crippen molar-refractivity contribution in [1.29, 1.82) is 0 Å². The Hall–Kier alpha value is -1.74. The fourth-order valence-corrected chi connectivity index (χ4v) is 3.43. The number of anilines is 1. The number of rotatable bonds is 3. The van der Waals surface area contributed by atoms with E-state index in [1.807, 2.05) is 16.8 Å². The maximum Gasteiger partial charge on any atom is 0.165 e. The molecule has 2 aliphatic heterocycles. The molecular formula is C14H18N4O4. The molecule has 118 valence electrons. The number of aliphatic hydroxyl groups excluding tert-OH is 1. The van der Waals surface area contributed by atoms with Crippen molar-refractivity contribution in [3.05, 3.63) is 18.6 Å². The molecule has 4 heterocycles. The van der Waals surface area contributed by atoms with Crippen molar-refractivity contribution < 1.29 is 19.3 Å². The third-order valence-electron chi connectivity index (χ3n) is 4.53. The Balaban J connectivity index is 1.78. The van der Waals surface area contributed by atoms with Gasteiger partial charge in [-0.3, -0.25) is 0 Å². The molecule has 0 spiro atoms. The topological polar surface area (TPSA) is 105 Å². The molecule has 4 rings (SSSR count). The first-order valence-corrected chi connectivity index (χ1v) is 7.20. The summed E-state index contributed by atoms with van der Waals surface area (Å²) in [5.74, 6) is 0.415. The lowest BCUT2D eigenvalue weighted by atomic mass is 9.90. The SMILES string of the molecule is COC[C@]12CCOC(C1O)[C@H](n1ccc3c(N)ncnc31)O2. The zero-order valence-corrected chi connectivity index (χ0v) is 12.2. The fraction of sp³-hybridized carbons (Fsp3) is 0.571. The van der Waals surface area contributed by atoms with Crippen LogP contribution in [0.3, 0.4) is 0 Å². The molecule has 8 nitrogen and oxygen atoms in total. The predicted octanol–water partition coefficient (Wildman–Crippen LogP) is 0.0773. The Morgan fingerprint density at radius 2 is 2.41 bits per heavy atom. The minimum atomic E-state index is -0.747. The van der Waals surface area contributed by atoms with E-state index in [0.29, 0.717) is 31.1 Å². The molecule has 2 aromatic heterocycles. The van der Waals surface area contributed by atoms with Gasteiger partial charge in [0.15, 0.2) is 6.23 Å². The Morgan fingerprint density at radius 3 is 3.23 bits per heavy atom. The molecule has 22 heavy (non-hydrogen) atoms. The van der Waals surface area contributed by atoms with Crippen molar-refractivity contribution in [2.75, 3.05) is 26.1 Å². The second-order valence-corrected chi connectivity index (χ2v) is 5.76. The van der Waals surface area contributed by atoms with Crippen LogP contribution in [-0.4, -0.2) is 57.8 Å². The van der Waals surface area contributed by atoms with Gasteiger partial charge in [-0.2, -0.15) is 0 Å². The molecule has 2 bridgehead atoms. The van der Waals surface area contributed by atoms with Gasteiger partial charge < -0.3 is 29.6 Å². The number of hydrogen-bond acceptors (Lipinski definition) is 7. The molecule has 2 unspecified atom stereocenters. The number of aliphatic hydroxyl groups is 1. The Morgan fingerprint density at radius 1 is 1.55 bits per heavy atom. The predicted molar refractivity (Wildman–Crippen MR) is 77.0 cm³/mol. The van der Waals surface area contributed by atoms with Crippen LogP contribution >= 0.6 is 0 Å². The van der Waals surface area contributed by atoms with Crippen molar-refractivity contribution in [3.8, 4) is 0 Å². The van der Waals surface area contributed by atoms with Crippen LogP contribution < -0.4 is 5.73 Å². The van der Waals surface area contributed by atoms with E-state index in [1.165, 1.54) is 6.33 Å². The first-order chi connectivity index (χ1) is 10.7. The minimum Gasteiger partial charge on any atom is -0.387 e. The first kappa shape index (κ1) is 13.9. The third kappa shape index (κ3) is 1.78. The summed E-state index contributed by atoms with van der Waals surface area (Å²) in [7, 11) is 1.60. The van der Waals surface area contributed by atoms with Crippen molar-refractivity contribution in [2.45, 2.75) is 30.5 Å². The summed E-state index contributed by atoms with van der Waals surface area (Å²) in [5, 5.41) is 11.3. The number of nitrogens with zero attached hydrogens (tertiary/aromatic N) is 3. The van der Waals surface area contributed by atoms with Crippen molar-refractivity contribution >= 4 is 16.9 Å². The molecule has 0 radical (unpaired) electrons. The summed E-state index contributed by atoms with van der Waals surface area (Å²) < 4.78 is 19.0. The molecule has 3 N–H and O–H groups in total. The van der Waals surface area contributed by atoms with Crippen LogP contribution in [0.1, 0.15) is 12.6 Å². The average Bonchev–Trinajstić information content (AvgIpc) is 2.97. The molecule has 0 aliphatic carbocycles. The molecule has 0 amide bonds. The van der Waals surface area contributed by atoms with Gasteiger partial charge in [0.1, 0.15) is 35.6 Å². The summed E-state index contributed by atoms with van der Waals surface area (Å²) in [4.78, 5) is 8.26. The molecule has 2 aliphatic rings. The molecule has 4 atom stereocenters. The van der Waals surface area contributed by atoms with Crippen LogP contribution in [0.25, 0.3) is 11.0 Å². The van der Waals surface area contributed by atoms with E-state index in [2.05, 4.69) is 9.97 Å². The number of fused-ring (bicyclic) bond motifs is 3. The zero-order valence-electron chi connectivity index (χ0n) is 12.2. The van der Waals surface area contributed by atoms with E-state index in [0.717, 1.165) is 5.39 Å². The third-order valence-corrected chi connectivity index (χ3v) is 4.53. The highest BCUT2D eigenvalue weighted by Crippen LogP contribution is 2.45. The Bertz CT molecular complexity index is 701. The van der Waals surface area contributed by atoms with Gasteiger partial charge >= 0.3 is 0 Å². The average molecular weight is 306 g/mol. The first-order valence-electron chi connectivity index (χ1n) is 7.20. The Labute approximate surface area is 126 Å². The quantitative estimate of drug-likeness (QED) is 0.827. The maximum absolute atomic E-state index is 10.6. The van der Waals surface area contributed by atoms with Gasteiger partial charge in [0.25, 0.3) is 0 Å². The fourth-order valence-electron chi connectivity index (χ4n) is 3.43. The standard InChI is InChI=1S/C14H18N4O4/c1-20-6-14-3-5-21-9(10(14)19)13(22-14)18-4-2-8-11(15)16-7-17-12(8)18/h2,4,7,9-10,13,19H,3,5-6H2,1H3,(H2,15,16,17)/t9?,10?,13-,14-/m1/s1. The lowest BCUT2D eigenvalue weighted by Gasteiger charge is -2.34. The summed E-state index contributed by atoms with van der Waals surface area (Å²) >= 11 is 0. The van der Waals surface area contributed by atoms with Crippen LogP contribution in [0.5, 0.6) is 0 Å². The number of nitrogens with two attached hydrogens (primary N) is 1. The van der Waals surface area contributed by atoms with E-state index < -0.39 is 24.0 Å². The number of aromatic nitrogens is 3. The van der Waals surface area contributed by atoms with Crippen molar-refractivity contribution in [1.82, 2.24) is 14.5 Å². The van der Waals surface area contributed by atoms with E-state index in [-0.39, 0.29) is 0 Å². The van der Waals surface area contributed by atoms with Gasteiger partial charge in [-0.15, -0.1) is 0 Å². The normalized spacial score (nSPS) is 34.4. The van der Waals surface area contributed by atoms with Crippen molar-refractivity contribution in [3.63, 3.8) is 0 Å². The lowest BCUT2D eigenvalue weighted by molar-refractivity contribution is -0.149. The second-order valence-electron chi connectivity index (χ2n) is 5.76. The van der Waals surface area contributed by atoms with Crippen LogP contribution in [0.4, 0.5) is 5.82 Å². The molecular weight excluding hydrogens is 288 g/mol. The number of hydrogen-bond donors (Lipinski definition) is 2.